The average molecular weight is 236 g/mol. The van der Waals surface area contributed by atoms with Gasteiger partial charge in [-0.2, -0.15) is 0 Å². The van der Waals surface area contributed by atoms with Gasteiger partial charge in [-0.05, 0) is 25.0 Å². The van der Waals surface area contributed by atoms with E-state index in [1.54, 1.807) is 0 Å². The van der Waals surface area contributed by atoms with Crippen molar-refractivity contribution in [1.82, 2.24) is 4.98 Å². The first kappa shape index (κ1) is 13.5. The molecule has 0 saturated heterocycles. The van der Waals surface area contributed by atoms with Gasteiger partial charge in [-0.3, -0.25) is 4.79 Å². The van der Waals surface area contributed by atoms with Crippen molar-refractivity contribution >= 4 is 11.8 Å². The van der Waals surface area contributed by atoms with Crippen LogP contribution in [0.15, 0.2) is 18.3 Å². The minimum atomic E-state index is -0.765. The lowest BCUT2D eigenvalue weighted by molar-refractivity contribution is -0.136. The first-order valence-corrected chi connectivity index (χ1v) is 6.03. The molecule has 0 aliphatic carbocycles. The maximum Gasteiger partial charge on any atom is 0.305 e. The van der Waals surface area contributed by atoms with Gasteiger partial charge >= 0.3 is 5.97 Å². The number of carbonyl (C=O) groups is 1. The summed E-state index contributed by atoms with van der Waals surface area (Å²) in [5, 5.41) is 8.73. The number of hydrogen-bond acceptors (Lipinski definition) is 3. The monoisotopic (exact) mass is 236 g/mol. The highest BCUT2D eigenvalue weighted by molar-refractivity contribution is 5.67. The number of aliphatic carboxylic acids is 1. The lowest BCUT2D eigenvalue weighted by Crippen LogP contribution is -2.28. The molecule has 0 bridgehead atoms. The van der Waals surface area contributed by atoms with Crippen LogP contribution in [0.4, 0.5) is 5.82 Å². The van der Waals surface area contributed by atoms with E-state index in [1.807, 2.05) is 30.2 Å². The van der Waals surface area contributed by atoms with Crippen LogP contribution in [0.5, 0.6) is 0 Å². The Bertz CT molecular complexity index is 349. The highest BCUT2D eigenvalue weighted by Gasteiger charge is 2.09. The molecule has 1 aromatic rings. The minimum Gasteiger partial charge on any atom is -0.481 e. The summed E-state index contributed by atoms with van der Waals surface area (Å²) in [7, 11) is 0. The molecule has 0 spiro atoms. The number of carboxylic acid groups (broad SMARTS) is 1. The average Bonchev–Trinajstić information content (AvgIpc) is 2.30. The van der Waals surface area contributed by atoms with Crippen molar-refractivity contribution in [2.75, 3.05) is 18.0 Å². The second-order valence-corrected chi connectivity index (χ2v) is 4.18. The van der Waals surface area contributed by atoms with Crippen molar-refractivity contribution in [3.8, 4) is 0 Å². The molecule has 1 rings (SSSR count). The van der Waals surface area contributed by atoms with Crippen LogP contribution >= 0.6 is 0 Å². The zero-order chi connectivity index (χ0) is 12.7. The Labute approximate surface area is 102 Å². The first-order chi connectivity index (χ1) is 8.13. The Hall–Kier alpha value is -1.58. The molecule has 0 unspecified atom stereocenters. The zero-order valence-corrected chi connectivity index (χ0v) is 10.5. The molecule has 1 N–H and O–H groups in total. The second-order valence-electron chi connectivity index (χ2n) is 4.18. The maximum atomic E-state index is 10.6. The Morgan fingerprint density at radius 3 is 2.71 bits per heavy atom. The highest BCUT2D eigenvalue weighted by atomic mass is 16.4. The van der Waals surface area contributed by atoms with E-state index in [4.69, 9.17) is 5.11 Å². The van der Waals surface area contributed by atoms with Gasteiger partial charge in [0.25, 0.3) is 0 Å². The fraction of sp³-hybridized carbons (Fsp3) is 0.538. The van der Waals surface area contributed by atoms with Crippen LogP contribution in [-0.2, 0) is 4.79 Å². The molecule has 1 heterocycles. The number of carboxylic acids is 1. The van der Waals surface area contributed by atoms with E-state index in [-0.39, 0.29) is 6.42 Å². The summed E-state index contributed by atoms with van der Waals surface area (Å²) in [6.45, 7) is 5.49. The van der Waals surface area contributed by atoms with Gasteiger partial charge in [-0.1, -0.05) is 19.4 Å². The molecule has 1 aromatic heterocycles. The molecule has 17 heavy (non-hydrogen) atoms. The van der Waals surface area contributed by atoms with E-state index >= 15 is 0 Å². The van der Waals surface area contributed by atoms with Crippen molar-refractivity contribution < 1.29 is 9.90 Å². The van der Waals surface area contributed by atoms with Crippen molar-refractivity contribution in [3.63, 3.8) is 0 Å². The zero-order valence-electron chi connectivity index (χ0n) is 10.5. The van der Waals surface area contributed by atoms with Crippen LogP contribution < -0.4 is 4.90 Å². The van der Waals surface area contributed by atoms with Gasteiger partial charge in [-0.15, -0.1) is 0 Å². The smallest absolute Gasteiger partial charge is 0.305 e. The lowest BCUT2D eigenvalue weighted by Gasteiger charge is -2.22. The fourth-order valence-corrected chi connectivity index (χ4v) is 1.57. The van der Waals surface area contributed by atoms with Crippen LogP contribution in [0.1, 0.15) is 31.7 Å². The largest absolute Gasteiger partial charge is 0.481 e. The van der Waals surface area contributed by atoms with Gasteiger partial charge < -0.3 is 10.0 Å². The Balaban J connectivity index is 2.67. The van der Waals surface area contributed by atoms with E-state index in [0.717, 1.165) is 30.8 Å². The SMILES string of the molecule is CCCCN(CCC(=O)O)c1ccc(C)cn1. The van der Waals surface area contributed by atoms with E-state index in [2.05, 4.69) is 11.9 Å². The highest BCUT2D eigenvalue weighted by Crippen LogP contribution is 2.12. The number of pyridine rings is 1. The normalized spacial score (nSPS) is 10.2. The molecular weight excluding hydrogens is 216 g/mol. The van der Waals surface area contributed by atoms with Crippen molar-refractivity contribution in [2.24, 2.45) is 0 Å². The molecule has 0 amide bonds. The van der Waals surface area contributed by atoms with Crippen LogP contribution in [0.3, 0.4) is 0 Å². The van der Waals surface area contributed by atoms with Crippen LogP contribution in [0.2, 0.25) is 0 Å². The molecule has 0 aliphatic rings. The number of rotatable bonds is 7. The predicted octanol–water partition coefficient (Wildman–Crippen LogP) is 2.47. The topological polar surface area (TPSA) is 53.4 Å². The summed E-state index contributed by atoms with van der Waals surface area (Å²) >= 11 is 0. The van der Waals surface area contributed by atoms with Gasteiger partial charge in [0.05, 0.1) is 6.42 Å². The van der Waals surface area contributed by atoms with Gasteiger partial charge in [-0.25, -0.2) is 4.98 Å². The fourth-order valence-electron chi connectivity index (χ4n) is 1.57. The second kappa shape index (κ2) is 6.89. The summed E-state index contributed by atoms with van der Waals surface area (Å²) in [5.74, 6) is 0.101. The van der Waals surface area contributed by atoms with Gasteiger partial charge in [0.2, 0.25) is 0 Å². The van der Waals surface area contributed by atoms with Crippen molar-refractivity contribution in [3.05, 3.63) is 23.9 Å². The van der Waals surface area contributed by atoms with Crippen LogP contribution in [0.25, 0.3) is 0 Å². The summed E-state index contributed by atoms with van der Waals surface area (Å²) in [6, 6.07) is 3.95. The third-order valence-corrected chi connectivity index (χ3v) is 2.60. The molecule has 0 aromatic carbocycles. The predicted molar refractivity (Wildman–Crippen MR) is 68.3 cm³/mol. The maximum absolute atomic E-state index is 10.6. The first-order valence-electron chi connectivity index (χ1n) is 6.03. The Morgan fingerprint density at radius 2 is 2.18 bits per heavy atom. The summed E-state index contributed by atoms with van der Waals surface area (Å²) in [6.07, 6.45) is 4.11. The number of aromatic nitrogens is 1. The molecule has 4 heteroatoms. The molecule has 94 valence electrons. The molecule has 0 aliphatic heterocycles. The lowest BCUT2D eigenvalue weighted by atomic mass is 10.2. The summed E-state index contributed by atoms with van der Waals surface area (Å²) in [4.78, 5) is 17.0. The van der Waals surface area contributed by atoms with Gasteiger partial charge in [0, 0.05) is 19.3 Å². The molecule has 4 nitrogen and oxygen atoms in total. The Kier molecular flexibility index (Phi) is 5.46. The third-order valence-electron chi connectivity index (χ3n) is 2.60. The Morgan fingerprint density at radius 1 is 1.41 bits per heavy atom. The molecular formula is C13H20N2O2. The third kappa shape index (κ3) is 4.85. The van der Waals surface area contributed by atoms with Gasteiger partial charge in [0.15, 0.2) is 0 Å². The van der Waals surface area contributed by atoms with E-state index in [9.17, 15) is 4.79 Å². The van der Waals surface area contributed by atoms with Crippen LogP contribution in [0, 0.1) is 6.92 Å². The molecule has 0 radical (unpaired) electrons. The van der Waals surface area contributed by atoms with E-state index in [1.165, 1.54) is 0 Å². The number of nitrogens with zero attached hydrogens (tertiary/aromatic N) is 2. The molecule has 0 saturated carbocycles. The van der Waals surface area contributed by atoms with E-state index in [0.29, 0.717) is 6.54 Å². The van der Waals surface area contributed by atoms with Gasteiger partial charge in [0.1, 0.15) is 5.82 Å². The standard InChI is InChI=1S/C13H20N2O2/c1-3-4-8-15(9-7-13(16)17)12-6-5-11(2)10-14-12/h5-6,10H,3-4,7-9H2,1-2H3,(H,16,17). The van der Waals surface area contributed by atoms with Crippen LogP contribution in [-0.4, -0.2) is 29.1 Å². The summed E-state index contributed by atoms with van der Waals surface area (Å²) < 4.78 is 0. The molecule has 0 atom stereocenters. The number of aryl methyl sites for hydroxylation is 1. The summed E-state index contributed by atoms with van der Waals surface area (Å²) in [5.41, 5.74) is 1.11. The van der Waals surface area contributed by atoms with E-state index < -0.39 is 5.97 Å². The number of hydrogen-bond donors (Lipinski definition) is 1. The van der Waals surface area contributed by atoms with Crippen molar-refractivity contribution in [2.45, 2.75) is 33.1 Å². The number of anilines is 1. The number of unbranched alkanes of at least 4 members (excludes halogenated alkanes) is 1. The van der Waals surface area contributed by atoms with Crippen molar-refractivity contribution in [1.29, 1.82) is 0 Å². The quantitative estimate of drug-likeness (QED) is 0.790. The molecule has 0 fully saturated rings. The minimum absolute atomic E-state index is 0.152.